The number of hydrogen-bond donors (Lipinski definition) is 1. The Morgan fingerprint density at radius 2 is 2.12 bits per heavy atom. The first kappa shape index (κ1) is 19.9. The van der Waals surface area contributed by atoms with E-state index in [0.29, 0.717) is 24.8 Å². The molecule has 2 aliphatic rings. The van der Waals surface area contributed by atoms with E-state index >= 15 is 0 Å². The number of nitrogens with zero attached hydrogens (tertiary/aromatic N) is 2. The van der Waals surface area contributed by atoms with Crippen LogP contribution >= 0.6 is 11.3 Å². The molecule has 1 saturated carbocycles. The molecule has 6 heteroatoms. The van der Waals surface area contributed by atoms with Gasteiger partial charge in [-0.05, 0) is 31.6 Å². The molecule has 0 bridgehead atoms. The van der Waals surface area contributed by atoms with Gasteiger partial charge >= 0.3 is 0 Å². The largest absolute Gasteiger partial charge is 0.350 e. The Labute approximate surface area is 155 Å². The van der Waals surface area contributed by atoms with E-state index in [4.69, 9.17) is 4.98 Å². The molecule has 1 aromatic rings. The number of amides is 2. The summed E-state index contributed by atoms with van der Waals surface area (Å²) in [5, 5.41) is 6.11. The molecule has 1 aliphatic heterocycles. The average Bonchev–Trinajstić information content (AvgIpc) is 3.30. The minimum Gasteiger partial charge on any atom is -0.350 e. The summed E-state index contributed by atoms with van der Waals surface area (Å²) in [6.07, 6.45) is 4.81. The van der Waals surface area contributed by atoms with Crippen molar-refractivity contribution in [2.45, 2.75) is 65.8 Å². The second-order valence-corrected chi connectivity index (χ2v) is 8.34. The van der Waals surface area contributed by atoms with Gasteiger partial charge in [0.2, 0.25) is 11.8 Å². The molecule has 0 radical (unpaired) electrons. The van der Waals surface area contributed by atoms with Crippen LogP contribution in [0, 0.1) is 11.8 Å². The highest BCUT2D eigenvalue weighted by Gasteiger charge is 2.30. The topological polar surface area (TPSA) is 62.3 Å². The van der Waals surface area contributed by atoms with Gasteiger partial charge in [-0.2, -0.15) is 0 Å². The monoisotopic (exact) mass is 365 g/mol. The Morgan fingerprint density at radius 1 is 1.36 bits per heavy atom. The van der Waals surface area contributed by atoms with Gasteiger partial charge in [0.15, 0.2) is 0 Å². The number of piperidine rings is 1. The zero-order chi connectivity index (χ0) is 17.1. The lowest BCUT2D eigenvalue weighted by Gasteiger charge is -2.32. The standard InChI is InChI=1S/C18H27N3O2S.CH4/c1-12(2)8-16(22)21-7-3-4-14(10-21)18-20-15(11-24-18)9-19-17(23)13-5-6-13;/h11-14H,3-10H2,1-2H3,(H,19,23);1H4. The lowest BCUT2D eigenvalue weighted by atomic mass is 9.97. The van der Waals surface area contributed by atoms with Crippen molar-refractivity contribution in [2.24, 2.45) is 11.8 Å². The van der Waals surface area contributed by atoms with Crippen LogP contribution in [0.5, 0.6) is 0 Å². The quantitative estimate of drug-likeness (QED) is 0.838. The Morgan fingerprint density at radius 3 is 2.80 bits per heavy atom. The maximum atomic E-state index is 12.3. The van der Waals surface area contributed by atoms with Gasteiger partial charge in [0.25, 0.3) is 0 Å². The first-order valence-electron chi connectivity index (χ1n) is 9.02. The molecule has 3 rings (SSSR count). The molecule has 1 saturated heterocycles. The van der Waals surface area contributed by atoms with Gasteiger partial charge in [-0.1, -0.05) is 21.3 Å². The predicted octanol–water partition coefficient (Wildman–Crippen LogP) is 3.56. The summed E-state index contributed by atoms with van der Waals surface area (Å²) in [5.41, 5.74) is 0.939. The number of carbonyl (C=O) groups excluding carboxylic acids is 2. The number of thiazole rings is 1. The van der Waals surface area contributed by atoms with Gasteiger partial charge < -0.3 is 10.2 Å². The van der Waals surface area contributed by atoms with Crippen molar-refractivity contribution < 1.29 is 9.59 Å². The first-order valence-corrected chi connectivity index (χ1v) is 9.90. The highest BCUT2D eigenvalue weighted by Crippen LogP contribution is 2.31. The maximum absolute atomic E-state index is 12.3. The van der Waals surface area contributed by atoms with E-state index in [2.05, 4.69) is 19.2 Å². The van der Waals surface area contributed by atoms with Gasteiger partial charge in [-0.25, -0.2) is 4.98 Å². The van der Waals surface area contributed by atoms with Gasteiger partial charge in [0, 0.05) is 36.7 Å². The van der Waals surface area contributed by atoms with Crippen LogP contribution in [0.1, 0.15) is 70.0 Å². The lowest BCUT2D eigenvalue weighted by Crippen LogP contribution is -2.39. The molecule has 1 atom stereocenters. The third-order valence-electron chi connectivity index (χ3n) is 4.67. The SMILES string of the molecule is C.CC(C)CC(=O)N1CCCC(c2nc(CNC(=O)C3CC3)cs2)C1. The number of hydrogen-bond acceptors (Lipinski definition) is 4. The van der Waals surface area contributed by atoms with Gasteiger partial charge in [-0.15, -0.1) is 11.3 Å². The summed E-state index contributed by atoms with van der Waals surface area (Å²) in [7, 11) is 0. The third kappa shape index (κ3) is 5.53. The second kappa shape index (κ2) is 8.79. The molecule has 25 heavy (non-hydrogen) atoms. The van der Waals surface area contributed by atoms with E-state index in [9.17, 15) is 9.59 Å². The fourth-order valence-corrected chi connectivity index (χ4v) is 4.09. The van der Waals surface area contributed by atoms with E-state index in [1.807, 2.05) is 10.3 Å². The third-order valence-corrected chi connectivity index (χ3v) is 5.72. The molecule has 0 aromatic carbocycles. The molecule has 1 aliphatic carbocycles. The molecule has 1 unspecified atom stereocenters. The minimum absolute atomic E-state index is 0. The highest BCUT2D eigenvalue weighted by molar-refractivity contribution is 7.09. The number of rotatable bonds is 6. The Bertz CT molecular complexity index is 595. The average molecular weight is 366 g/mol. The summed E-state index contributed by atoms with van der Waals surface area (Å²) >= 11 is 1.66. The summed E-state index contributed by atoms with van der Waals surface area (Å²) in [6.45, 7) is 6.35. The summed E-state index contributed by atoms with van der Waals surface area (Å²) in [6, 6.07) is 0. The van der Waals surface area contributed by atoms with Crippen LogP contribution in [-0.2, 0) is 16.1 Å². The van der Waals surface area contributed by atoms with Crippen LogP contribution in [-0.4, -0.2) is 34.8 Å². The zero-order valence-corrected chi connectivity index (χ0v) is 15.4. The molecule has 1 N–H and O–H groups in total. The predicted molar refractivity (Wildman–Crippen MR) is 101 cm³/mol. The van der Waals surface area contributed by atoms with Gasteiger partial charge in [-0.3, -0.25) is 9.59 Å². The number of likely N-dealkylation sites (tertiary alicyclic amines) is 1. The molecule has 2 heterocycles. The van der Waals surface area contributed by atoms with Crippen LogP contribution in [0.25, 0.3) is 0 Å². The van der Waals surface area contributed by atoms with Crippen LogP contribution < -0.4 is 5.32 Å². The number of aromatic nitrogens is 1. The second-order valence-electron chi connectivity index (χ2n) is 7.45. The van der Waals surface area contributed by atoms with Crippen molar-refractivity contribution >= 4 is 23.2 Å². The van der Waals surface area contributed by atoms with Crippen molar-refractivity contribution in [3.63, 3.8) is 0 Å². The van der Waals surface area contributed by atoms with Crippen LogP contribution in [0.15, 0.2) is 5.38 Å². The van der Waals surface area contributed by atoms with Crippen molar-refractivity contribution in [1.29, 1.82) is 0 Å². The summed E-state index contributed by atoms with van der Waals surface area (Å²) < 4.78 is 0. The Balaban J connectivity index is 0.00000225. The highest BCUT2D eigenvalue weighted by atomic mass is 32.1. The van der Waals surface area contributed by atoms with E-state index in [1.54, 1.807) is 11.3 Å². The van der Waals surface area contributed by atoms with Crippen molar-refractivity contribution in [3.8, 4) is 0 Å². The molecule has 2 amide bonds. The molecular weight excluding hydrogens is 334 g/mol. The summed E-state index contributed by atoms with van der Waals surface area (Å²) in [4.78, 5) is 30.7. The van der Waals surface area contributed by atoms with Crippen LogP contribution in [0.4, 0.5) is 0 Å². The number of carbonyl (C=O) groups is 2. The van der Waals surface area contributed by atoms with E-state index in [1.165, 1.54) is 0 Å². The molecular formula is C19H31N3O2S. The van der Waals surface area contributed by atoms with Crippen LogP contribution in [0.3, 0.4) is 0 Å². The van der Waals surface area contributed by atoms with Crippen molar-refractivity contribution in [3.05, 3.63) is 16.1 Å². The Kier molecular flexibility index (Phi) is 6.99. The first-order chi connectivity index (χ1) is 11.5. The normalized spacial score (nSPS) is 20.3. The fourth-order valence-electron chi connectivity index (χ4n) is 3.14. The van der Waals surface area contributed by atoms with Crippen LogP contribution in [0.2, 0.25) is 0 Å². The van der Waals surface area contributed by atoms with Gasteiger partial charge in [0.05, 0.1) is 17.2 Å². The van der Waals surface area contributed by atoms with E-state index < -0.39 is 0 Å². The minimum atomic E-state index is 0. The van der Waals surface area contributed by atoms with E-state index in [-0.39, 0.29) is 25.2 Å². The number of nitrogens with one attached hydrogen (secondary N) is 1. The molecule has 2 fully saturated rings. The van der Waals surface area contributed by atoms with E-state index in [0.717, 1.165) is 49.5 Å². The van der Waals surface area contributed by atoms with Gasteiger partial charge in [0.1, 0.15) is 0 Å². The van der Waals surface area contributed by atoms with Crippen molar-refractivity contribution in [1.82, 2.24) is 15.2 Å². The molecule has 5 nitrogen and oxygen atoms in total. The summed E-state index contributed by atoms with van der Waals surface area (Å²) in [5.74, 6) is 1.41. The maximum Gasteiger partial charge on any atom is 0.223 e. The zero-order valence-electron chi connectivity index (χ0n) is 14.6. The molecule has 1 aromatic heterocycles. The molecule has 0 spiro atoms. The smallest absolute Gasteiger partial charge is 0.223 e. The fraction of sp³-hybridized carbons (Fsp3) is 0.737. The molecule has 140 valence electrons. The van der Waals surface area contributed by atoms with Crippen molar-refractivity contribution in [2.75, 3.05) is 13.1 Å². The Hall–Kier alpha value is -1.43. The lowest BCUT2D eigenvalue weighted by molar-refractivity contribution is -0.133.